The van der Waals surface area contributed by atoms with Crippen molar-refractivity contribution in [2.24, 2.45) is 0 Å². The third-order valence-corrected chi connectivity index (χ3v) is 7.69. The van der Waals surface area contributed by atoms with Gasteiger partial charge in [-0.2, -0.15) is 0 Å². The van der Waals surface area contributed by atoms with Gasteiger partial charge < -0.3 is 5.32 Å². The highest BCUT2D eigenvalue weighted by Crippen LogP contribution is 2.31. The molecule has 1 aliphatic rings. The highest BCUT2D eigenvalue weighted by Gasteiger charge is 2.42. The lowest BCUT2D eigenvalue weighted by atomic mass is 9.98. The second kappa shape index (κ2) is 9.72. The average Bonchev–Trinajstić information content (AvgIpc) is 3.04. The molecule has 0 saturated carbocycles. The number of nitro benzene ring substituents is 2. The average molecular weight is 463 g/mol. The van der Waals surface area contributed by atoms with Crippen LogP contribution in [-0.2, 0) is 22.9 Å². The molecule has 0 unspecified atom stereocenters. The Morgan fingerprint density at radius 1 is 0.969 bits per heavy atom. The maximum Gasteiger partial charge on any atom is 0.269 e. The van der Waals surface area contributed by atoms with Crippen LogP contribution in [0, 0.1) is 20.2 Å². The fraction of sp³-hybridized carbons (Fsp3) is 0.429. The molecule has 0 bridgehead atoms. The lowest BCUT2D eigenvalue weighted by Crippen LogP contribution is -2.49. The third kappa shape index (κ3) is 6.09. The zero-order valence-corrected chi connectivity index (χ0v) is 18.6. The standard InChI is InChI=1S/C21H26N4O6S/c1-21(10-13-32(30,31)16-21)23(15-18-4-8-20(9-5-18)25(28)29)12-11-22-14-17-2-6-19(7-3-17)24(26)27/h2-9,22H,10-16H2,1H3/t21-/m0/s1. The number of benzene rings is 2. The Bertz CT molecular complexity index is 1070. The fourth-order valence-corrected chi connectivity index (χ4v) is 6.08. The monoisotopic (exact) mass is 462 g/mol. The van der Waals surface area contributed by atoms with E-state index < -0.39 is 25.2 Å². The molecule has 172 valence electrons. The smallest absolute Gasteiger partial charge is 0.269 e. The van der Waals surface area contributed by atoms with Gasteiger partial charge in [0.2, 0.25) is 0 Å². The van der Waals surface area contributed by atoms with Gasteiger partial charge in [-0.25, -0.2) is 8.42 Å². The lowest BCUT2D eigenvalue weighted by Gasteiger charge is -2.38. The SMILES string of the molecule is C[C@]1(N(CCNCc2ccc([N+](=O)[O-])cc2)Cc2ccc([N+](=O)[O-])cc2)CCS(=O)(=O)C1. The van der Waals surface area contributed by atoms with Crippen LogP contribution in [0.1, 0.15) is 24.5 Å². The molecule has 0 spiro atoms. The van der Waals surface area contributed by atoms with Crippen LogP contribution in [0.4, 0.5) is 11.4 Å². The number of hydrogen-bond acceptors (Lipinski definition) is 8. The first-order valence-corrected chi connectivity index (χ1v) is 12.0. The van der Waals surface area contributed by atoms with E-state index in [-0.39, 0.29) is 22.9 Å². The van der Waals surface area contributed by atoms with Gasteiger partial charge in [0.25, 0.3) is 11.4 Å². The highest BCUT2D eigenvalue weighted by atomic mass is 32.2. The van der Waals surface area contributed by atoms with Crippen LogP contribution in [0.25, 0.3) is 0 Å². The van der Waals surface area contributed by atoms with Gasteiger partial charge in [-0.15, -0.1) is 0 Å². The summed E-state index contributed by atoms with van der Waals surface area (Å²) < 4.78 is 24.3. The molecule has 32 heavy (non-hydrogen) atoms. The number of rotatable bonds is 10. The minimum Gasteiger partial charge on any atom is -0.311 e. The number of hydrogen-bond donors (Lipinski definition) is 1. The molecule has 1 atom stereocenters. The van der Waals surface area contributed by atoms with Crippen molar-refractivity contribution >= 4 is 21.2 Å². The Labute approximate surface area is 186 Å². The summed E-state index contributed by atoms with van der Waals surface area (Å²) in [5.74, 6) is 0.228. The molecule has 1 heterocycles. The predicted molar refractivity (Wildman–Crippen MR) is 120 cm³/mol. The molecule has 10 nitrogen and oxygen atoms in total. The van der Waals surface area contributed by atoms with E-state index in [4.69, 9.17) is 0 Å². The van der Waals surface area contributed by atoms with Crippen molar-refractivity contribution in [2.45, 2.75) is 32.0 Å². The van der Waals surface area contributed by atoms with Crippen molar-refractivity contribution in [1.29, 1.82) is 0 Å². The normalized spacial score (nSPS) is 19.8. The minimum absolute atomic E-state index is 0.0136. The molecule has 0 aliphatic carbocycles. The Balaban J connectivity index is 1.64. The first kappa shape index (κ1) is 23.8. The molecular formula is C21H26N4O6S. The molecule has 0 aromatic heterocycles. The van der Waals surface area contributed by atoms with Crippen LogP contribution >= 0.6 is 0 Å². The van der Waals surface area contributed by atoms with E-state index in [0.29, 0.717) is 32.6 Å². The second-order valence-corrected chi connectivity index (χ2v) is 10.5. The fourth-order valence-electron chi connectivity index (χ4n) is 3.91. The van der Waals surface area contributed by atoms with Crippen molar-refractivity contribution in [3.05, 3.63) is 79.9 Å². The van der Waals surface area contributed by atoms with Crippen molar-refractivity contribution in [2.75, 3.05) is 24.6 Å². The molecule has 0 radical (unpaired) electrons. The Hall–Kier alpha value is -2.89. The number of nitrogens with one attached hydrogen (secondary N) is 1. The lowest BCUT2D eigenvalue weighted by molar-refractivity contribution is -0.385. The number of nitrogens with zero attached hydrogens (tertiary/aromatic N) is 3. The summed E-state index contributed by atoms with van der Waals surface area (Å²) in [5.41, 5.74) is 1.32. The van der Waals surface area contributed by atoms with Gasteiger partial charge in [-0.05, 0) is 24.5 Å². The van der Waals surface area contributed by atoms with E-state index in [1.807, 2.05) is 6.92 Å². The Morgan fingerprint density at radius 3 is 1.97 bits per heavy atom. The van der Waals surface area contributed by atoms with Gasteiger partial charge in [-0.1, -0.05) is 24.3 Å². The van der Waals surface area contributed by atoms with Gasteiger partial charge in [0.15, 0.2) is 9.84 Å². The van der Waals surface area contributed by atoms with Crippen LogP contribution in [0.3, 0.4) is 0 Å². The van der Waals surface area contributed by atoms with Gasteiger partial charge in [0.05, 0.1) is 21.4 Å². The Morgan fingerprint density at radius 2 is 1.50 bits per heavy atom. The zero-order valence-electron chi connectivity index (χ0n) is 17.8. The van der Waals surface area contributed by atoms with Gasteiger partial charge in [-0.3, -0.25) is 25.1 Å². The van der Waals surface area contributed by atoms with Crippen molar-refractivity contribution in [3.8, 4) is 0 Å². The topological polar surface area (TPSA) is 136 Å². The van der Waals surface area contributed by atoms with E-state index in [1.165, 1.54) is 24.3 Å². The quantitative estimate of drug-likeness (QED) is 0.323. The third-order valence-electron chi connectivity index (χ3n) is 5.80. The van der Waals surface area contributed by atoms with Crippen molar-refractivity contribution < 1.29 is 18.3 Å². The molecule has 1 fully saturated rings. The molecule has 0 amide bonds. The maximum atomic E-state index is 12.1. The van der Waals surface area contributed by atoms with Gasteiger partial charge in [0, 0.05) is 56.0 Å². The molecule has 3 rings (SSSR count). The van der Waals surface area contributed by atoms with Crippen molar-refractivity contribution in [3.63, 3.8) is 0 Å². The summed E-state index contributed by atoms with van der Waals surface area (Å²) in [5, 5.41) is 25.0. The second-order valence-electron chi connectivity index (χ2n) is 8.28. The maximum absolute atomic E-state index is 12.1. The van der Waals surface area contributed by atoms with E-state index in [9.17, 15) is 28.6 Å². The summed E-state index contributed by atoms with van der Waals surface area (Å²) in [6, 6.07) is 12.6. The highest BCUT2D eigenvalue weighted by molar-refractivity contribution is 7.91. The first-order valence-electron chi connectivity index (χ1n) is 10.2. The number of sulfone groups is 1. The molecule has 1 saturated heterocycles. The summed E-state index contributed by atoms with van der Waals surface area (Å²) >= 11 is 0. The van der Waals surface area contributed by atoms with E-state index in [1.54, 1.807) is 24.3 Å². The largest absolute Gasteiger partial charge is 0.311 e. The summed E-state index contributed by atoms with van der Waals surface area (Å²) in [7, 11) is -3.10. The van der Waals surface area contributed by atoms with Crippen LogP contribution in [-0.4, -0.2) is 53.3 Å². The van der Waals surface area contributed by atoms with E-state index >= 15 is 0 Å². The molecule has 11 heteroatoms. The summed E-state index contributed by atoms with van der Waals surface area (Å²) in [6.07, 6.45) is 0.532. The Kier molecular flexibility index (Phi) is 7.22. The van der Waals surface area contributed by atoms with Crippen LogP contribution in [0.2, 0.25) is 0 Å². The van der Waals surface area contributed by atoms with Gasteiger partial charge >= 0.3 is 0 Å². The van der Waals surface area contributed by atoms with E-state index in [2.05, 4.69) is 10.2 Å². The molecule has 2 aromatic rings. The van der Waals surface area contributed by atoms with Gasteiger partial charge in [0.1, 0.15) is 0 Å². The number of non-ortho nitro benzene ring substituents is 2. The van der Waals surface area contributed by atoms with Crippen LogP contribution in [0.5, 0.6) is 0 Å². The molecule has 1 N–H and O–H groups in total. The predicted octanol–water partition coefficient (Wildman–Crippen LogP) is 2.67. The molecular weight excluding hydrogens is 436 g/mol. The van der Waals surface area contributed by atoms with Crippen LogP contribution < -0.4 is 5.32 Å². The zero-order chi connectivity index (χ0) is 23.4. The van der Waals surface area contributed by atoms with Crippen molar-refractivity contribution in [1.82, 2.24) is 10.2 Å². The summed E-state index contributed by atoms with van der Waals surface area (Å²) in [4.78, 5) is 22.9. The number of nitro groups is 2. The first-order chi connectivity index (χ1) is 15.1. The minimum atomic E-state index is -3.10. The van der Waals surface area contributed by atoms with Crippen LogP contribution in [0.15, 0.2) is 48.5 Å². The molecule has 2 aromatic carbocycles. The summed E-state index contributed by atoms with van der Waals surface area (Å²) in [6.45, 7) is 4.11. The van der Waals surface area contributed by atoms with E-state index in [0.717, 1.165) is 11.1 Å². The molecule has 1 aliphatic heterocycles.